The van der Waals surface area contributed by atoms with Gasteiger partial charge in [-0.25, -0.2) is 9.36 Å². The average molecular weight is 245 g/mol. The van der Waals surface area contributed by atoms with Gasteiger partial charge in [-0.1, -0.05) is 0 Å². The molecule has 0 spiro atoms. The molecule has 0 bridgehead atoms. The van der Waals surface area contributed by atoms with Gasteiger partial charge < -0.3 is 10.1 Å². The first kappa shape index (κ1) is 11.6. The maximum absolute atomic E-state index is 11.9. The molecular weight excluding hydrogens is 238 g/mol. The molecule has 0 aliphatic heterocycles. The summed E-state index contributed by atoms with van der Waals surface area (Å²) < 4.78 is 0.575. The minimum Gasteiger partial charge on any atom is -0.480 e. The lowest BCUT2D eigenvalue weighted by molar-refractivity contribution is -0.137. The molecule has 2 N–H and O–H groups in total. The number of hydrogen-bond donors (Lipinski definition) is 2. The van der Waals surface area contributed by atoms with Crippen LogP contribution in [0.3, 0.4) is 0 Å². The number of rotatable bonds is 2. The zero-order valence-corrected chi connectivity index (χ0v) is 9.01. The topological polar surface area (TPSA) is 116 Å². The molecule has 1 heterocycles. The van der Waals surface area contributed by atoms with Gasteiger partial charge in [0.25, 0.3) is 5.56 Å². The molecule has 0 saturated carbocycles. The van der Waals surface area contributed by atoms with E-state index in [0.717, 1.165) is 0 Å². The number of carboxylic acids is 1. The van der Waals surface area contributed by atoms with Crippen LogP contribution in [0.2, 0.25) is 0 Å². The lowest BCUT2D eigenvalue weighted by Gasteiger charge is -2.03. The van der Waals surface area contributed by atoms with Gasteiger partial charge in [0.15, 0.2) is 0 Å². The number of aliphatic carboxylic acids is 1. The fourth-order valence-corrected chi connectivity index (χ4v) is 1.60. The normalized spacial score (nSPS) is 10.2. The number of nitrogens with zero attached hydrogens (tertiary/aromatic N) is 2. The quantitative estimate of drug-likeness (QED) is 0.749. The molecule has 2 aromatic rings. The van der Waals surface area contributed by atoms with Gasteiger partial charge in [0, 0.05) is 0 Å². The van der Waals surface area contributed by atoms with Gasteiger partial charge in [-0.3, -0.25) is 9.59 Å². The third kappa shape index (κ3) is 1.87. The van der Waals surface area contributed by atoms with Crippen molar-refractivity contribution in [3.8, 4) is 6.07 Å². The van der Waals surface area contributed by atoms with Crippen LogP contribution in [-0.2, 0) is 11.3 Å². The van der Waals surface area contributed by atoms with E-state index in [9.17, 15) is 14.4 Å². The molecule has 0 saturated heterocycles. The Morgan fingerprint density at radius 2 is 2.17 bits per heavy atom. The highest BCUT2D eigenvalue weighted by molar-refractivity contribution is 5.79. The molecule has 7 nitrogen and oxygen atoms in total. The molecule has 0 aliphatic carbocycles. The fraction of sp³-hybridized carbons (Fsp3) is 0.0909. The van der Waals surface area contributed by atoms with Crippen LogP contribution in [0.15, 0.2) is 27.8 Å². The van der Waals surface area contributed by atoms with Crippen molar-refractivity contribution in [2.45, 2.75) is 6.54 Å². The smallest absolute Gasteiger partial charge is 0.329 e. The summed E-state index contributed by atoms with van der Waals surface area (Å²) in [4.78, 5) is 36.4. The molecule has 2 rings (SSSR count). The second kappa shape index (κ2) is 4.18. The second-order valence-electron chi connectivity index (χ2n) is 3.59. The minimum atomic E-state index is -1.29. The van der Waals surface area contributed by atoms with E-state index in [1.807, 2.05) is 6.07 Å². The molecule has 1 aromatic carbocycles. The molecule has 18 heavy (non-hydrogen) atoms. The first-order valence-electron chi connectivity index (χ1n) is 4.91. The van der Waals surface area contributed by atoms with Gasteiger partial charge in [-0.2, -0.15) is 5.26 Å². The van der Waals surface area contributed by atoms with Crippen LogP contribution in [0.1, 0.15) is 5.56 Å². The molecule has 0 amide bonds. The van der Waals surface area contributed by atoms with Gasteiger partial charge >= 0.3 is 11.7 Å². The van der Waals surface area contributed by atoms with Crippen molar-refractivity contribution in [1.82, 2.24) is 9.55 Å². The minimum absolute atomic E-state index is 0.106. The number of benzene rings is 1. The van der Waals surface area contributed by atoms with Crippen molar-refractivity contribution in [3.63, 3.8) is 0 Å². The van der Waals surface area contributed by atoms with Crippen molar-refractivity contribution in [3.05, 3.63) is 44.6 Å². The fourth-order valence-electron chi connectivity index (χ4n) is 1.60. The number of nitriles is 1. The Morgan fingerprint density at radius 1 is 1.44 bits per heavy atom. The number of hydrogen-bond acceptors (Lipinski definition) is 4. The van der Waals surface area contributed by atoms with Gasteiger partial charge in [-0.05, 0) is 18.2 Å². The number of carboxylic acid groups (broad SMARTS) is 1. The van der Waals surface area contributed by atoms with Gasteiger partial charge in [0.2, 0.25) is 0 Å². The number of fused-ring (bicyclic) bond motifs is 1. The number of nitrogens with one attached hydrogen (secondary N) is 1. The molecular formula is C11H7N3O4. The summed E-state index contributed by atoms with van der Waals surface area (Å²) in [5.41, 5.74) is -0.993. The van der Waals surface area contributed by atoms with Gasteiger partial charge in [0.05, 0.1) is 22.5 Å². The monoisotopic (exact) mass is 245 g/mol. The summed E-state index contributed by atoms with van der Waals surface area (Å²) in [5, 5.41) is 17.5. The Hall–Kier alpha value is -2.88. The second-order valence-corrected chi connectivity index (χ2v) is 3.59. The summed E-state index contributed by atoms with van der Waals surface area (Å²) in [6.07, 6.45) is 0. The van der Waals surface area contributed by atoms with E-state index in [0.29, 0.717) is 4.57 Å². The number of carbonyl (C=O) groups is 1. The zero-order chi connectivity index (χ0) is 13.3. The van der Waals surface area contributed by atoms with Crippen molar-refractivity contribution in [2.24, 2.45) is 0 Å². The van der Waals surface area contributed by atoms with Crippen LogP contribution in [-0.4, -0.2) is 20.6 Å². The van der Waals surface area contributed by atoms with Crippen LogP contribution < -0.4 is 11.2 Å². The van der Waals surface area contributed by atoms with Gasteiger partial charge in [-0.15, -0.1) is 0 Å². The Balaban J connectivity index is 2.83. The summed E-state index contributed by atoms with van der Waals surface area (Å²) in [6, 6.07) is 6.07. The Morgan fingerprint density at radius 3 is 2.78 bits per heavy atom. The van der Waals surface area contributed by atoms with E-state index in [4.69, 9.17) is 10.4 Å². The SMILES string of the molecule is N#Cc1ccc2[nH]c(=O)n(CC(=O)O)c(=O)c2c1. The summed E-state index contributed by atoms with van der Waals surface area (Å²) in [7, 11) is 0. The maximum atomic E-state index is 11.9. The number of aromatic amines is 1. The third-order valence-electron chi connectivity index (χ3n) is 2.40. The molecule has 7 heteroatoms. The molecule has 0 aliphatic rings. The lowest BCUT2D eigenvalue weighted by Crippen LogP contribution is -2.37. The summed E-state index contributed by atoms with van der Waals surface area (Å²) in [5.74, 6) is -1.29. The predicted octanol–water partition coefficient (Wildman–Crippen LogP) is -0.354. The van der Waals surface area contributed by atoms with Gasteiger partial charge in [0.1, 0.15) is 6.54 Å². The van der Waals surface area contributed by atoms with Crippen molar-refractivity contribution in [1.29, 1.82) is 5.26 Å². The van der Waals surface area contributed by atoms with E-state index in [1.54, 1.807) is 0 Å². The highest BCUT2D eigenvalue weighted by atomic mass is 16.4. The van der Waals surface area contributed by atoms with E-state index in [1.165, 1.54) is 18.2 Å². The zero-order valence-electron chi connectivity index (χ0n) is 9.01. The molecule has 90 valence electrons. The Labute approximate surface area is 99.5 Å². The molecule has 0 atom stereocenters. The summed E-state index contributed by atoms with van der Waals surface area (Å²) >= 11 is 0. The summed E-state index contributed by atoms with van der Waals surface area (Å²) in [6.45, 7) is -0.721. The standard InChI is InChI=1S/C11H7N3O4/c12-4-6-1-2-8-7(3-6)10(17)14(5-9(15)16)11(18)13-8/h1-3H,5H2,(H,13,18)(H,15,16). The van der Waals surface area contributed by atoms with E-state index < -0.39 is 23.8 Å². The van der Waals surface area contributed by atoms with Crippen molar-refractivity contribution < 1.29 is 9.90 Å². The highest BCUT2D eigenvalue weighted by Gasteiger charge is 2.10. The van der Waals surface area contributed by atoms with Crippen molar-refractivity contribution >= 4 is 16.9 Å². The van der Waals surface area contributed by atoms with Crippen molar-refractivity contribution in [2.75, 3.05) is 0 Å². The molecule has 0 radical (unpaired) electrons. The Kier molecular flexibility index (Phi) is 2.69. The first-order valence-corrected chi connectivity index (χ1v) is 4.91. The molecule has 0 unspecified atom stereocenters. The average Bonchev–Trinajstić information content (AvgIpc) is 2.34. The molecule has 1 aromatic heterocycles. The lowest BCUT2D eigenvalue weighted by atomic mass is 10.1. The largest absolute Gasteiger partial charge is 0.480 e. The van der Waals surface area contributed by atoms with Crippen LogP contribution in [0, 0.1) is 11.3 Å². The number of H-pyrrole nitrogens is 1. The molecule has 0 fully saturated rings. The third-order valence-corrected chi connectivity index (χ3v) is 2.40. The van der Waals surface area contributed by atoms with Crippen LogP contribution in [0.5, 0.6) is 0 Å². The first-order chi connectivity index (χ1) is 8.52. The van der Waals surface area contributed by atoms with Crippen LogP contribution >= 0.6 is 0 Å². The van der Waals surface area contributed by atoms with E-state index in [-0.39, 0.29) is 16.5 Å². The van der Waals surface area contributed by atoms with Crippen LogP contribution in [0.25, 0.3) is 10.9 Å². The predicted molar refractivity (Wildman–Crippen MR) is 61.2 cm³/mol. The maximum Gasteiger partial charge on any atom is 0.329 e. The van der Waals surface area contributed by atoms with Crippen LogP contribution in [0.4, 0.5) is 0 Å². The Bertz CT molecular complexity index is 795. The van der Waals surface area contributed by atoms with E-state index in [2.05, 4.69) is 4.98 Å². The number of aromatic nitrogens is 2. The van der Waals surface area contributed by atoms with E-state index >= 15 is 0 Å². The highest BCUT2D eigenvalue weighted by Crippen LogP contribution is 2.07.